The molecule has 162 valence electrons. The van der Waals surface area contributed by atoms with Gasteiger partial charge in [-0.3, -0.25) is 9.69 Å². The predicted molar refractivity (Wildman–Crippen MR) is 127 cm³/mol. The Labute approximate surface area is 191 Å². The van der Waals surface area contributed by atoms with Crippen LogP contribution in [0, 0.1) is 0 Å². The van der Waals surface area contributed by atoms with Crippen LogP contribution in [0.1, 0.15) is 25.0 Å². The molecule has 0 bridgehead atoms. The van der Waals surface area contributed by atoms with Crippen LogP contribution in [0.3, 0.4) is 0 Å². The third-order valence-electron chi connectivity index (χ3n) is 4.55. The Morgan fingerprint density at radius 2 is 1.90 bits per heavy atom. The number of amides is 1. The molecule has 0 aromatic heterocycles. The van der Waals surface area contributed by atoms with Gasteiger partial charge in [-0.05, 0) is 43.2 Å². The first-order valence-electron chi connectivity index (χ1n) is 9.80. The average molecular weight is 458 g/mol. The third kappa shape index (κ3) is 5.26. The van der Waals surface area contributed by atoms with E-state index in [1.807, 2.05) is 24.3 Å². The molecule has 0 radical (unpaired) electrons. The highest BCUT2D eigenvalue weighted by molar-refractivity contribution is 8.27. The molecule has 0 aliphatic carbocycles. The number of carbonyl (C=O) groups excluding carboxylic acids is 2. The summed E-state index contributed by atoms with van der Waals surface area (Å²) in [6.45, 7) is 3.81. The van der Waals surface area contributed by atoms with Gasteiger partial charge >= 0.3 is 5.97 Å². The van der Waals surface area contributed by atoms with E-state index in [-0.39, 0.29) is 19.1 Å². The lowest BCUT2D eigenvalue weighted by Gasteiger charge is -2.15. The molecule has 0 spiro atoms. The number of rotatable bonds is 8. The zero-order valence-electron chi connectivity index (χ0n) is 17.5. The van der Waals surface area contributed by atoms with Gasteiger partial charge in [0.1, 0.15) is 0 Å². The standard InChI is InChI=1S/C23H23NO5S2/c1-4-15-9-11-17(12-10-15)24-22(26)19(31-23(24)30)13-16-7-6-8-18(27-3)21(16)29-14-20(25)28-5-2/h6-13H,4-5,14H2,1-3H3. The highest BCUT2D eigenvalue weighted by Crippen LogP contribution is 2.39. The maximum atomic E-state index is 13.1. The van der Waals surface area contributed by atoms with Crippen molar-refractivity contribution < 1.29 is 23.8 Å². The van der Waals surface area contributed by atoms with E-state index in [2.05, 4.69) is 6.92 Å². The van der Waals surface area contributed by atoms with Crippen molar-refractivity contribution in [2.24, 2.45) is 0 Å². The van der Waals surface area contributed by atoms with E-state index in [0.717, 1.165) is 12.1 Å². The molecule has 8 heteroatoms. The van der Waals surface area contributed by atoms with Crippen LogP contribution in [-0.2, 0) is 20.7 Å². The summed E-state index contributed by atoms with van der Waals surface area (Å²) >= 11 is 6.68. The normalized spacial score (nSPS) is 14.8. The van der Waals surface area contributed by atoms with Crippen LogP contribution in [0.5, 0.6) is 11.5 Å². The van der Waals surface area contributed by atoms with E-state index >= 15 is 0 Å². The summed E-state index contributed by atoms with van der Waals surface area (Å²) in [5.41, 5.74) is 2.52. The fourth-order valence-corrected chi connectivity index (χ4v) is 4.30. The number of thioether (sulfide) groups is 1. The molecule has 0 N–H and O–H groups in total. The van der Waals surface area contributed by atoms with Gasteiger partial charge in [0.25, 0.3) is 5.91 Å². The van der Waals surface area contributed by atoms with Crippen LogP contribution in [-0.4, -0.2) is 36.5 Å². The highest BCUT2D eigenvalue weighted by atomic mass is 32.2. The van der Waals surface area contributed by atoms with Crippen molar-refractivity contribution in [2.45, 2.75) is 20.3 Å². The van der Waals surface area contributed by atoms with Gasteiger partial charge in [-0.2, -0.15) is 0 Å². The van der Waals surface area contributed by atoms with Gasteiger partial charge < -0.3 is 14.2 Å². The maximum Gasteiger partial charge on any atom is 0.344 e. The molecular weight excluding hydrogens is 434 g/mol. The van der Waals surface area contributed by atoms with Crippen LogP contribution in [0.4, 0.5) is 5.69 Å². The van der Waals surface area contributed by atoms with Gasteiger partial charge in [0, 0.05) is 5.56 Å². The summed E-state index contributed by atoms with van der Waals surface area (Å²) in [4.78, 5) is 26.8. The Balaban J connectivity index is 1.89. The number of nitrogens with zero attached hydrogens (tertiary/aromatic N) is 1. The van der Waals surface area contributed by atoms with Crippen molar-refractivity contribution in [1.82, 2.24) is 0 Å². The minimum atomic E-state index is -0.485. The number of benzene rings is 2. The summed E-state index contributed by atoms with van der Waals surface area (Å²) in [6.07, 6.45) is 2.62. The third-order valence-corrected chi connectivity index (χ3v) is 5.85. The summed E-state index contributed by atoms with van der Waals surface area (Å²) in [5, 5.41) is 0. The lowest BCUT2D eigenvalue weighted by Crippen LogP contribution is -2.27. The molecular formula is C23H23NO5S2. The molecule has 6 nitrogen and oxygen atoms in total. The van der Waals surface area contributed by atoms with Gasteiger partial charge in [-0.15, -0.1) is 0 Å². The SMILES string of the molecule is CCOC(=O)COc1c(C=C2SC(=S)N(c3ccc(CC)cc3)C2=O)cccc1OC. The van der Waals surface area contributed by atoms with Gasteiger partial charge in [0.2, 0.25) is 0 Å². The number of para-hydroxylation sites is 1. The predicted octanol–water partition coefficient (Wildman–Crippen LogP) is 4.61. The number of anilines is 1. The number of carbonyl (C=O) groups is 2. The Bertz CT molecular complexity index is 1020. The van der Waals surface area contributed by atoms with E-state index < -0.39 is 5.97 Å². The monoisotopic (exact) mass is 457 g/mol. The summed E-state index contributed by atoms with van der Waals surface area (Å²) in [7, 11) is 1.51. The molecule has 2 aromatic carbocycles. The van der Waals surface area contributed by atoms with Crippen molar-refractivity contribution in [3.8, 4) is 11.5 Å². The fraction of sp³-hybridized carbons (Fsp3) is 0.261. The van der Waals surface area contributed by atoms with E-state index in [1.165, 1.54) is 29.3 Å². The number of esters is 1. The summed E-state index contributed by atoms with van der Waals surface area (Å²) in [6, 6.07) is 13.1. The first-order valence-corrected chi connectivity index (χ1v) is 11.0. The number of thiocarbonyl (C=S) groups is 1. The molecule has 3 rings (SSSR count). The summed E-state index contributed by atoms with van der Waals surface area (Å²) in [5.74, 6) is 0.110. The second kappa shape index (κ2) is 10.5. The molecule has 1 saturated heterocycles. The van der Waals surface area contributed by atoms with Crippen LogP contribution in [0.25, 0.3) is 6.08 Å². The van der Waals surface area contributed by atoms with Gasteiger partial charge in [0.05, 0.1) is 24.3 Å². The van der Waals surface area contributed by atoms with E-state index in [4.69, 9.17) is 26.4 Å². The zero-order valence-corrected chi connectivity index (χ0v) is 19.2. The maximum absolute atomic E-state index is 13.1. The van der Waals surface area contributed by atoms with Crippen LogP contribution in [0.2, 0.25) is 0 Å². The van der Waals surface area contributed by atoms with E-state index in [0.29, 0.717) is 26.3 Å². The molecule has 1 aliphatic heterocycles. The Kier molecular flexibility index (Phi) is 7.70. The van der Waals surface area contributed by atoms with E-state index in [1.54, 1.807) is 31.2 Å². The second-order valence-electron chi connectivity index (χ2n) is 6.51. The van der Waals surface area contributed by atoms with Crippen LogP contribution >= 0.6 is 24.0 Å². The summed E-state index contributed by atoms with van der Waals surface area (Å²) < 4.78 is 16.4. The van der Waals surface area contributed by atoms with Crippen molar-refractivity contribution in [1.29, 1.82) is 0 Å². The van der Waals surface area contributed by atoms with Gasteiger partial charge in [-0.1, -0.05) is 55.2 Å². The van der Waals surface area contributed by atoms with Gasteiger partial charge in [0.15, 0.2) is 22.4 Å². The van der Waals surface area contributed by atoms with Crippen LogP contribution in [0.15, 0.2) is 47.4 Å². The fourth-order valence-electron chi connectivity index (χ4n) is 3.01. The van der Waals surface area contributed by atoms with Crippen LogP contribution < -0.4 is 14.4 Å². The first kappa shape index (κ1) is 22.8. The lowest BCUT2D eigenvalue weighted by atomic mass is 10.1. The average Bonchev–Trinajstić information content (AvgIpc) is 3.05. The molecule has 1 heterocycles. The number of methoxy groups -OCH3 is 1. The molecule has 0 atom stereocenters. The Morgan fingerprint density at radius 1 is 1.16 bits per heavy atom. The largest absolute Gasteiger partial charge is 0.493 e. The molecule has 1 aliphatic rings. The van der Waals surface area contributed by atoms with Crippen molar-refractivity contribution in [2.75, 3.05) is 25.2 Å². The lowest BCUT2D eigenvalue weighted by molar-refractivity contribution is -0.145. The van der Waals surface area contributed by atoms with Crippen molar-refractivity contribution in [3.05, 3.63) is 58.5 Å². The number of hydrogen-bond acceptors (Lipinski definition) is 7. The highest BCUT2D eigenvalue weighted by Gasteiger charge is 2.33. The molecule has 2 aromatic rings. The smallest absolute Gasteiger partial charge is 0.344 e. The minimum absolute atomic E-state index is 0.210. The zero-order chi connectivity index (χ0) is 22.4. The quantitative estimate of drug-likeness (QED) is 0.326. The molecule has 0 saturated carbocycles. The topological polar surface area (TPSA) is 65.1 Å². The Hall–Kier alpha value is -2.84. The number of ether oxygens (including phenoxy) is 3. The first-order chi connectivity index (χ1) is 15.0. The second-order valence-corrected chi connectivity index (χ2v) is 8.19. The molecule has 1 amide bonds. The molecule has 31 heavy (non-hydrogen) atoms. The molecule has 1 fully saturated rings. The Morgan fingerprint density at radius 3 is 2.55 bits per heavy atom. The van der Waals surface area contributed by atoms with Crippen molar-refractivity contribution in [3.63, 3.8) is 0 Å². The number of aryl methyl sites for hydroxylation is 1. The van der Waals surface area contributed by atoms with E-state index in [9.17, 15) is 9.59 Å². The molecule has 0 unspecified atom stereocenters. The van der Waals surface area contributed by atoms with Gasteiger partial charge in [-0.25, -0.2) is 4.79 Å². The van der Waals surface area contributed by atoms with Crippen molar-refractivity contribution >= 4 is 51.9 Å². The minimum Gasteiger partial charge on any atom is -0.493 e. The number of hydrogen-bond donors (Lipinski definition) is 0.